The Balaban J connectivity index is 1.63. The molecule has 3 nitrogen and oxygen atoms in total. The highest BCUT2D eigenvalue weighted by molar-refractivity contribution is 7.86. The fourth-order valence-electron chi connectivity index (χ4n) is 7.43. The van der Waals surface area contributed by atoms with Crippen molar-refractivity contribution >= 4 is 20.9 Å². The fourth-order valence-corrected chi connectivity index (χ4v) is 8.38. The Labute approximate surface area is 298 Å². The number of hydrogen-bond acceptors (Lipinski definition) is 2. The Kier molecular flexibility index (Phi) is 25.2. The van der Waals surface area contributed by atoms with Crippen molar-refractivity contribution in [1.82, 2.24) is 0 Å². The molecule has 2 aromatic rings. The number of fused-ring (bicyclic) bond motifs is 1. The van der Waals surface area contributed by atoms with E-state index in [1.54, 1.807) is 0 Å². The van der Waals surface area contributed by atoms with Gasteiger partial charge in [-0.2, -0.15) is 8.42 Å². The molecule has 0 spiro atoms. The van der Waals surface area contributed by atoms with Crippen LogP contribution in [0.1, 0.15) is 218 Å². The third-order valence-corrected chi connectivity index (χ3v) is 11.5. The van der Waals surface area contributed by atoms with Gasteiger partial charge in [0.2, 0.25) is 0 Å². The summed E-state index contributed by atoms with van der Waals surface area (Å²) < 4.78 is 35.5. The van der Waals surface area contributed by atoms with Crippen LogP contribution in [-0.2, 0) is 23.0 Å². The smallest absolute Gasteiger partial charge is 0.282 e. The van der Waals surface area contributed by atoms with Crippen molar-refractivity contribution in [3.63, 3.8) is 0 Å². The summed E-state index contributed by atoms with van der Waals surface area (Å²) in [7, 11) is -4.30. The van der Waals surface area contributed by atoms with Crippen LogP contribution in [0.3, 0.4) is 0 Å². The SMILES string of the molecule is CCCCCCCCCCCCCCCCCc1ccc2ccc(CCCCCCCCCCCCCCCCC)c(S(=O)(=O)O)c2c1. The maximum atomic E-state index is 12.6. The summed E-state index contributed by atoms with van der Waals surface area (Å²) in [4.78, 5) is 0.142. The summed E-state index contributed by atoms with van der Waals surface area (Å²) in [6.45, 7) is 4.56. The van der Waals surface area contributed by atoms with E-state index in [0.717, 1.165) is 36.6 Å². The van der Waals surface area contributed by atoms with Gasteiger partial charge in [0.25, 0.3) is 10.1 Å². The number of rotatable bonds is 33. The Hall–Kier alpha value is -1.39. The molecule has 0 radical (unpaired) electrons. The fraction of sp³-hybridized carbons (Fsp3) is 0.773. The molecule has 0 unspecified atom stereocenters. The molecule has 276 valence electrons. The minimum Gasteiger partial charge on any atom is -0.282 e. The van der Waals surface area contributed by atoms with Gasteiger partial charge in [0.15, 0.2) is 0 Å². The van der Waals surface area contributed by atoms with Crippen molar-refractivity contribution < 1.29 is 13.0 Å². The average Bonchev–Trinajstić information content (AvgIpc) is 3.07. The molecule has 2 rings (SSSR count). The first-order chi connectivity index (χ1) is 23.5. The molecular weight excluding hydrogens is 609 g/mol. The number of unbranched alkanes of at least 4 members (excludes halogenated alkanes) is 28. The van der Waals surface area contributed by atoms with E-state index in [2.05, 4.69) is 19.9 Å². The molecule has 0 saturated heterocycles. The van der Waals surface area contributed by atoms with Crippen LogP contribution in [0.4, 0.5) is 0 Å². The van der Waals surface area contributed by atoms with Gasteiger partial charge >= 0.3 is 0 Å². The lowest BCUT2D eigenvalue weighted by molar-refractivity contribution is 0.482. The standard InChI is InChI=1S/C44H76O3S/c1-3-5-7-9-11-13-15-17-19-21-23-25-27-29-31-33-40-35-36-41-37-38-42(44(43(41)39-40)48(45,46)47)34-32-30-28-26-24-22-20-18-16-14-12-10-8-6-4-2/h35-39H,3-34H2,1-2H3,(H,45,46,47). The second kappa shape index (κ2) is 28.3. The van der Waals surface area contributed by atoms with Crippen LogP contribution in [0.5, 0.6) is 0 Å². The maximum absolute atomic E-state index is 12.6. The molecule has 0 aliphatic rings. The monoisotopic (exact) mass is 685 g/mol. The van der Waals surface area contributed by atoms with Crippen molar-refractivity contribution in [3.8, 4) is 0 Å². The van der Waals surface area contributed by atoms with E-state index in [0.29, 0.717) is 11.8 Å². The van der Waals surface area contributed by atoms with E-state index in [1.165, 1.54) is 179 Å². The first-order valence-electron chi connectivity index (χ1n) is 21.0. The molecule has 0 aliphatic carbocycles. The quantitative estimate of drug-likeness (QED) is 0.0601. The molecule has 48 heavy (non-hydrogen) atoms. The summed E-state index contributed by atoms with van der Waals surface area (Å²) in [6, 6.07) is 10.1. The molecule has 0 amide bonds. The molecular formula is C44H76O3S. The van der Waals surface area contributed by atoms with E-state index >= 15 is 0 Å². The zero-order chi connectivity index (χ0) is 34.5. The molecule has 0 saturated carbocycles. The van der Waals surface area contributed by atoms with Gasteiger partial charge < -0.3 is 0 Å². The van der Waals surface area contributed by atoms with Crippen molar-refractivity contribution in [2.75, 3.05) is 0 Å². The minimum absolute atomic E-state index is 0.142. The van der Waals surface area contributed by atoms with Gasteiger partial charge in [-0.15, -0.1) is 0 Å². The number of benzene rings is 2. The third-order valence-electron chi connectivity index (χ3n) is 10.5. The maximum Gasteiger partial charge on any atom is 0.295 e. The topological polar surface area (TPSA) is 54.4 Å². The van der Waals surface area contributed by atoms with Gasteiger partial charge in [0.05, 0.1) is 0 Å². The first-order valence-corrected chi connectivity index (χ1v) is 22.4. The molecule has 0 bridgehead atoms. The van der Waals surface area contributed by atoms with Crippen molar-refractivity contribution in [3.05, 3.63) is 41.5 Å². The van der Waals surface area contributed by atoms with Crippen LogP contribution < -0.4 is 0 Å². The van der Waals surface area contributed by atoms with Gasteiger partial charge in [-0.3, -0.25) is 4.55 Å². The molecule has 2 aromatic carbocycles. The van der Waals surface area contributed by atoms with Crippen molar-refractivity contribution in [2.24, 2.45) is 0 Å². The Bertz CT molecular complexity index is 1150. The van der Waals surface area contributed by atoms with Crippen LogP contribution in [-0.4, -0.2) is 13.0 Å². The first kappa shape index (κ1) is 42.8. The molecule has 0 aromatic heterocycles. The molecule has 0 atom stereocenters. The largest absolute Gasteiger partial charge is 0.295 e. The van der Waals surface area contributed by atoms with Crippen LogP contribution in [0.15, 0.2) is 35.2 Å². The Morgan fingerprint density at radius 2 is 0.771 bits per heavy atom. The highest BCUT2D eigenvalue weighted by atomic mass is 32.2. The third kappa shape index (κ3) is 20.3. The molecule has 1 N–H and O–H groups in total. The summed E-state index contributed by atoms with van der Waals surface area (Å²) in [5.74, 6) is 0. The van der Waals surface area contributed by atoms with E-state index in [-0.39, 0.29) is 4.90 Å². The summed E-state index contributed by atoms with van der Waals surface area (Å²) in [5.41, 5.74) is 1.94. The summed E-state index contributed by atoms with van der Waals surface area (Å²) in [6.07, 6.45) is 41.7. The normalized spacial score (nSPS) is 12.0. The van der Waals surface area contributed by atoms with Gasteiger partial charge in [-0.1, -0.05) is 218 Å². The van der Waals surface area contributed by atoms with E-state index in [1.807, 2.05) is 24.3 Å². The van der Waals surface area contributed by atoms with E-state index in [9.17, 15) is 13.0 Å². The lowest BCUT2D eigenvalue weighted by Crippen LogP contribution is -2.05. The Morgan fingerprint density at radius 1 is 0.438 bits per heavy atom. The van der Waals surface area contributed by atoms with Crippen LogP contribution in [0, 0.1) is 0 Å². The lowest BCUT2D eigenvalue weighted by Gasteiger charge is -2.12. The van der Waals surface area contributed by atoms with Crippen LogP contribution in [0.25, 0.3) is 10.8 Å². The molecule has 0 fully saturated rings. The van der Waals surface area contributed by atoms with Crippen LogP contribution in [0.2, 0.25) is 0 Å². The summed E-state index contributed by atoms with van der Waals surface area (Å²) in [5, 5.41) is 1.58. The second-order valence-corrected chi connectivity index (χ2v) is 16.3. The average molecular weight is 685 g/mol. The predicted octanol–water partition coefficient (Wildman–Crippen LogP) is 14.9. The zero-order valence-electron chi connectivity index (χ0n) is 31.7. The van der Waals surface area contributed by atoms with Crippen LogP contribution >= 0.6 is 0 Å². The lowest BCUT2D eigenvalue weighted by atomic mass is 9.98. The minimum atomic E-state index is -4.30. The second-order valence-electron chi connectivity index (χ2n) is 15.0. The number of aryl methyl sites for hydroxylation is 2. The molecule has 4 heteroatoms. The Morgan fingerprint density at radius 3 is 1.15 bits per heavy atom. The summed E-state index contributed by atoms with van der Waals surface area (Å²) >= 11 is 0. The molecule has 0 heterocycles. The molecule has 0 aliphatic heterocycles. The highest BCUT2D eigenvalue weighted by Crippen LogP contribution is 2.30. The highest BCUT2D eigenvalue weighted by Gasteiger charge is 2.19. The van der Waals surface area contributed by atoms with Gasteiger partial charge in [-0.05, 0) is 48.3 Å². The van der Waals surface area contributed by atoms with E-state index in [4.69, 9.17) is 0 Å². The van der Waals surface area contributed by atoms with Crippen molar-refractivity contribution in [2.45, 2.75) is 224 Å². The van der Waals surface area contributed by atoms with Gasteiger partial charge in [0, 0.05) is 5.39 Å². The van der Waals surface area contributed by atoms with E-state index < -0.39 is 10.1 Å². The predicted molar refractivity (Wildman–Crippen MR) is 211 cm³/mol. The zero-order valence-corrected chi connectivity index (χ0v) is 32.5. The van der Waals surface area contributed by atoms with Gasteiger partial charge in [-0.25, -0.2) is 0 Å². The van der Waals surface area contributed by atoms with Crippen molar-refractivity contribution in [1.29, 1.82) is 0 Å². The van der Waals surface area contributed by atoms with Gasteiger partial charge in [0.1, 0.15) is 4.90 Å². The number of hydrogen-bond donors (Lipinski definition) is 1.